The molecular weight excluding hydrogens is 336 g/mol. The van der Waals surface area contributed by atoms with Crippen LogP contribution < -0.4 is 4.90 Å². The first-order valence-corrected chi connectivity index (χ1v) is 8.84. The van der Waals surface area contributed by atoms with Gasteiger partial charge in [0.05, 0.1) is 29.0 Å². The zero-order valence-electron chi connectivity index (χ0n) is 13.7. The van der Waals surface area contributed by atoms with E-state index in [2.05, 4.69) is 0 Å². The lowest BCUT2D eigenvalue weighted by Gasteiger charge is -2.13. The number of nitro benzene ring substituents is 1. The average Bonchev–Trinajstić information content (AvgIpc) is 3.22. The highest BCUT2D eigenvalue weighted by atomic mass is 32.1. The Labute approximate surface area is 150 Å². The standard InChI is InChI=1S/C18H18N4O2S/c23-22(24)15-8-9-16-17(12-15)20(13-19-10-4-5-11-19)18(25)21(16)14-6-2-1-3-7-14/h1-3,6-9,12H,4-5,10-11,13H2/p+1. The number of nitro groups is 1. The topological polar surface area (TPSA) is 57.4 Å². The van der Waals surface area contributed by atoms with Crippen LogP contribution in [0.25, 0.3) is 16.7 Å². The zero-order chi connectivity index (χ0) is 17.4. The lowest BCUT2D eigenvalue weighted by molar-refractivity contribution is -0.910. The molecule has 1 aromatic heterocycles. The molecule has 1 N–H and O–H groups in total. The summed E-state index contributed by atoms with van der Waals surface area (Å²) in [6.07, 6.45) is 2.44. The molecule has 2 aromatic carbocycles. The second-order valence-electron chi connectivity index (χ2n) is 6.43. The van der Waals surface area contributed by atoms with Crippen molar-refractivity contribution in [2.75, 3.05) is 13.1 Å². The van der Waals surface area contributed by atoms with Gasteiger partial charge >= 0.3 is 0 Å². The quantitative estimate of drug-likeness (QED) is 0.445. The molecule has 0 saturated carbocycles. The lowest BCUT2D eigenvalue weighted by Crippen LogP contribution is -3.09. The van der Waals surface area contributed by atoms with Crippen LogP contribution in [0.2, 0.25) is 0 Å². The van der Waals surface area contributed by atoms with Crippen LogP contribution in [0.1, 0.15) is 12.8 Å². The number of nitrogens with one attached hydrogen (secondary N) is 1. The van der Waals surface area contributed by atoms with Gasteiger partial charge in [0.25, 0.3) is 5.69 Å². The molecule has 128 valence electrons. The van der Waals surface area contributed by atoms with E-state index in [4.69, 9.17) is 12.2 Å². The molecule has 1 aliphatic heterocycles. The largest absolute Gasteiger partial charge is 0.317 e. The maximum atomic E-state index is 11.2. The Kier molecular flexibility index (Phi) is 4.10. The van der Waals surface area contributed by atoms with E-state index >= 15 is 0 Å². The molecule has 4 rings (SSSR count). The van der Waals surface area contributed by atoms with Gasteiger partial charge in [-0.25, -0.2) is 0 Å². The third-order valence-electron chi connectivity index (χ3n) is 4.83. The predicted molar refractivity (Wildman–Crippen MR) is 98.7 cm³/mol. The van der Waals surface area contributed by atoms with Crippen LogP contribution in [-0.2, 0) is 6.67 Å². The number of para-hydroxylation sites is 1. The summed E-state index contributed by atoms with van der Waals surface area (Å²) in [6.45, 7) is 2.99. The molecule has 25 heavy (non-hydrogen) atoms. The fraction of sp³-hybridized carbons (Fsp3) is 0.278. The summed E-state index contributed by atoms with van der Waals surface area (Å²) in [5, 5.41) is 11.2. The number of hydrogen-bond donors (Lipinski definition) is 1. The Morgan fingerprint density at radius 1 is 1.08 bits per heavy atom. The molecule has 3 aromatic rings. The number of likely N-dealkylation sites (tertiary alicyclic amines) is 1. The summed E-state index contributed by atoms with van der Waals surface area (Å²) >= 11 is 5.76. The highest BCUT2D eigenvalue weighted by Crippen LogP contribution is 2.26. The van der Waals surface area contributed by atoms with Gasteiger partial charge in [0.1, 0.15) is 0 Å². The number of imidazole rings is 1. The molecule has 0 amide bonds. The minimum Gasteiger partial charge on any atom is -0.317 e. The number of fused-ring (bicyclic) bond motifs is 1. The molecule has 0 unspecified atom stereocenters. The molecule has 0 radical (unpaired) electrons. The summed E-state index contributed by atoms with van der Waals surface area (Å²) in [4.78, 5) is 12.3. The number of benzene rings is 2. The van der Waals surface area contributed by atoms with Crippen LogP contribution in [0.15, 0.2) is 48.5 Å². The maximum absolute atomic E-state index is 11.2. The SMILES string of the molecule is O=[N+]([O-])c1ccc2c(c1)n(C[NH+]1CCCC1)c(=S)n2-c1ccccc1. The van der Waals surface area contributed by atoms with E-state index in [1.807, 2.05) is 39.5 Å². The van der Waals surface area contributed by atoms with Crippen molar-refractivity contribution in [1.82, 2.24) is 9.13 Å². The summed E-state index contributed by atoms with van der Waals surface area (Å²) < 4.78 is 4.73. The van der Waals surface area contributed by atoms with E-state index in [-0.39, 0.29) is 10.6 Å². The Hall–Kier alpha value is -2.51. The fourth-order valence-corrected chi connectivity index (χ4v) is 3.96. The number of quaternary nitrogens is 1. The first kappa shape index (κ1) is 16.0. The molecule has 0 bridgehead atoms. The monoisotopic (exact) mass is 355 g/mol. The lowest BCUT2D eigenvalue weighted by atomic mass is 10.2. The number of nitrogens with zero attached hydrogens (tertiary/aromatic N) is 3. The van der Waals surface area contributed by atoms with Crippen molar-refractivity contribution in [3.8, 4) is 5.69 Å². The van der Waals surface area contributed by atoms with Gasteiger partial charge in [0.15, 0.2) is 11.4 Å². The first-order valence-electron chi connectivity index (χ1n) is 8.44. The van der Waals surface area contributed by atoms with Crippen LogP contribution >= 0.6 is 12.2 Å². The van der Waals surface area contributed by atoms with Crippen LogP contribution in [0.3, 0.4) is 0 Å². The van der Waals surface area contributed by atoms with E-state index in [1.54, 1.807) is 18.2 Å². The molecule has 2 heterocycles. The molecule has 7 heteroatoms. The second kappa shape index (κ2) is 6.42. The summed E-state index contributed by atoms with van der Waals surface area (Å²) in [6, 6.07) is 14.9. The van der Waals surface area contributed by atoms with Crippen LogP contribution in [0, 0.1) is 14.9 Å². The molecule has 1 aliphatic rings. The number of aromatic nitrogens is 2. The van der Waals surface area contributed by atoms with Gasteiger partial charge in [-0.2, -0.15) is 0 Å². The third kappa shape index (κ3) is 2.85. The van der Waals surface area contributed by atoms with E-state index in [0.29, 0.717) is 4.77 Å². The molecule has 1 saturated heterocycles. The predicted octanol–water partition coefficient (Wildman–Crippen LogP) is 2.71. The molecular formula is C18H19N4O2S+. The number of hydrogen-bond acceptors (Lipinski definition) is 3. The van der Waals surface area contributed by atoms with Crippen molar-refractivity contribution >= 4 is 28.9 Å². The highest BCUT2D eigenvalue weighted by molar-refractivity contribution is 7.71. The Bertz CT molecular complexity index is 987. The van der Waals surface area contributed by atoms with E-state index in [0.717, 1.165) is 36.5 Å². The van der Waals surface area contributed by atoms with Crippen LogP contribution in [-0.4, -0.2) is 27.1 Å². The van der Waals surface area contributed by atoms with Crippen molar-refractivity contribution < 1.29 is 9.82 Å². The fourth-order valence-electron chi connectivity index (χ4n) is 3.59. The van der Waals surface area contributed by atoms with Gasteiger partial charge < -0.3 is 4.90 Å². The summed E-state index contributed by atoms with van der Waals surface area (Å²) in [7, 11) is 0. The Balaban J connectivity index is 1.94. The average molecular weight is 355 g/mol. The number of non-ortho nitro benzene ring substituents is 1. The van der Waals surface area contributed by atoms with Crippen molar-refractivity contribution in [2.45, 2.75) is 19.5 Å². The van der Waals surface area contributed by atoms with Crippen molar-refractivity contribution in [3.05, 3.63) is 63.4 Å². The minimum absolute atomic E-state index is 0.0953. The highest BCUT2D eigenvalue weighted by Gasteiger charge is 2.21. The Morgan fingerprint density at radius 3 is 2.48 bits per heavy atom. The smallest absolute Gasteiger partial charge is 0.271 e. The number of rotatable bonds is 4. The van der Waals surface area contributed by atoms with E-state index in [1.165, 1.54) is 17.7 Å². The Morgan fingerprint density at radius 2 is 1.80 bits per heavy atom. The van der Waals surface area contributed by atoms with Crippen LogP contribution in [0.5, 0.6) is 0 Å². The molecule has 1 fully saturated rings. The molecule has 6 nitrogen and oxygen atoms in total. The minimum atomic E-state index is -0.352. The van der Waals surface area contributed by atoms with Gasteiger partial charge in [-0.05, 0) is 30.4 Å². The maximum Gasteiger partial charge on any atom is 0.271 e. The van der Waals surface area contributed by atoms with Gasteiger partial charge in [-0.3, -0.25) is 19.2 Å². The van der Waals surface area contributed by atoms with Crippen molar-refractivity contribution in [3.63, 3.8) is 0 Å². The molecule has 0 atom stereocenters. The second-order valence-corrected chi connectivity index (χ2v) is 6.79. The summed E-state index contributed by atoms with van der Waals surface area (Å²) in [5.41, 5.74) is 2.79. The van der Waals surface area contributed by atoms with Crippen LogP contribution in [0.4, 0.5) is 5.69 Å². The first-order chi connectivity index (χ1) is 12.1. The third-order valence-corrected chi connectivity index (χ3v) is 5.23. The van der Waals surface area contributed by atoms with E-state index in [9.17, 15) is 10.1 Å². The van der Waals surface area contributed by atoms with Gasteiger partial charge in [0.2, 0.25) is 0 Å². The van der Waals surface area contributed by atoms with Gasteiger partial charge in [0, 0.05) is 30.7 Å². The van der Waals surface area contributed by atoms with Gasteiger partial charge in [-0.1, -0.05) is 18.2 Å². The van der Waals surface area contributed by atoms with Gasteiger partial charge in [-0.15, -0.1) is 0 Å². The molecule has 0 spiro atoms. The summed E-state index contributed by atoms with van der Waals surface area (Å²) in [5.74, 6) is 0. The van der Waals surface area contributed by atoms with Crippen molar-refractivity contribution in [2.24, 2.45) is 0 Å². The van der Waals surface area contributed by atoms with E-state index < -0.39 is 0 Å². The molecule has 0 aliphatic carbocycles. The zero-order valence-corrected chi connectivity index (χ0v) is 14.5. The van der Waals surface area contributed by atoms with Crippen molar-refractivity contribution in [1.29, 1.82) is 0 Å². The normalized spacial score (nSPS) is 15.0.